The molecule has 0 saturated carbocycles. The Hall–Kier alpha value is -2.88. The van der Waals surface area contributed by atoms with Crippen molar-refractivity contribution in [3.63, 3.8) is 0 Å². The minimum Gasteiger partial charge on any atom is -0.473 e. The summed E-state index contributed by atoms with van der Waals surface area (Å²) in [6.45, 7) is 10.9. The van der Waals surface area contributed by atoms with Crippen molar-refractivity contribution in [1.29, 1.82) is 0 Å². The second kappa shape index (κ2) is 9.72. The third kappa shape index (κ3) is 5.67. The van der Waals surface area contributed by atoms with Crippen molar-refractivity contribution < 1.29 is 9.57 Å². The molecule has 2 atom stereocenters. The number of aromatic amines is 1. The number of nitrogens with one attached hydrogen (secondary N) is 3. The standard InChI is InChI=1S/C22H34N8O2/c1-13(2)17-9-20(28-27-17)24-19-10-21(31-15-6-7-30(5)12-15)26-22(25-19)23-11-16-8-18(14(3)4)29-32-16/h9-10,13-16H,6-8,11-12H2,1-5H3,(H3,23,24,25,26,27,28). The number of ether oxygens (including phenoxy) is 1. The van der Waals surface area contributed by atoms with E-state index in [4.69, 9.17) is 9.57 Å². The Morgan fingerprint density at radius 1 is 1.22 bits per heavy atom. The van der Waals surface area contributed by atoms with Crippen molar-refractivity contribution in [2.75, 3.05) is 37.3 Å². The smallest absolute Gasteiger partial charge is 0.228 e. The van der Waals surface area contributed by atoms with E-state index in [1.807, 2.05) is 12.1 Å². The summed E-state index contributed by atoms with van der Waals surface area (Å²) in [5.41, 5.74) is 2.08. The van der Waals surface area contributed by atoms with Gasteiger partial charge in [-0.15, -0.1) is 0 Å². The summed E-state index contributed by atoms with van der Waals surface area (Å²) < 4.78 is 6.18. The molecule has 174 valence electrons. The molecule has 3 N–H and O–H groups in total. The van der Waals surface area contributed by atoms with Crippen molar-refractivity contribution in [2.45, 2.75) is 58.7 Å². The number of aromatic nitrogens is 4. The molecule has 10 nitrogen and oxygen atoms in total. The van der Waals surface area contributed by atoms with Crippen molar-refractivity contribution in [3.05, 3.63) is 17.8 Å². The lowest BCUT2D eigenvalue weighted by molar-refractivity contribution is 0.0947. The molecule has 1 fully saturated rings. The van der Waals surface area contributed by atoms with Crippen LogP contribution in [-0.2, 0) is 4.84 Å². The molecule has 2 aromatic rings. The molecule has 4 heterocycles. The number of likely N-dealkylation sites (N-methyl/N-ethyl adjacent to an activating group) is 1. The van der Waals surface area contributed by atoms with E-state index in [-0.39, 0.29) is 12.2 Å². The van der Waals surface area contributed by atoms with E-state index in [1.54, 1.807) is 0 Å². The van der Waals surface area contributed by atoms with Crippen LogP contribution in [0, 0.1) is 5.92 Å². The van der Waals surface area contributed by atoms with E-state index in [9.17, 15) is 0 Å². The molecule has 2 unspecified atom stereocenters. The molecule has 1 saturated heterocycles. The fourth-order valence-corrected chi connectivity index (χ4v) is 3.73. The van der Waals surface area contributed by atoms with Gasteiger partial charge in [-0.25, -0.2) is 0 Å². The maximum absolute atomic E-state index is 6.18. The van der Waals surface area contributed by atoms with Gasteiger partial charge < -0.3 is 25.1 Å². The van der Waals surface area contributed by atoms with Crippen LogP contribution >= 0.6 is 0 Å². The lowest BCUT2D eigenvalue weighted by Crippen LogP contribution is -2.23. The molecule has 0 spiro atoms. The Kier molecular flexibility index (Phi) is 6.78. The number of anilines is 3. The number of likely N-dealkylation sites (tertiary alicyclic amines) is 1. The van der Waals surface area contributed by atoms with E-state index in [1.165, 1.54) is 0 Å². The van der Waals surface area contributed by atoms with Crippen molar-refractivity contribution in [2.24, 2.45) is 11.1 Å². The molecule has 0 amide bonds. The average Bonchev–Trinajstić information content (AvgIpc) is 3.48. The number of nitrogens with zero attached hydrogens (tertiary/aromatic N) is 5. The van der Waals surface area contributed by atoms with Crippen LogP contribution in [0.2, 0.25) is 0 Å². The Morgan fingerprint density at radius 2 is 2.06 bits per heavy atom. The molecule has 2 aromatic heterocycles. The van der Waals surface area contributed by atoms with Gasteiger partial charge in [-0.3, -0.25) is 5.10 Å². The molecule has 2 aliphatic rings. The second-order valence-corrected chi connectivity index (χ2v) is 9.24. The first kappa shape index (κ1) is 22.3. The van der Waals surface area contributed by atoms with Crippen molar-refractivity contribution in [1.82, 2.24) is 25.1 Å². The maximum atomic E-state index is 6.18. The summed E-state index contributed by atoms with van der Waals surface area (Å²) in [4.78, 5) is 17.0. The molecular weight excluding hydrogens is 408 g/mol. The van der Waals surface area contributed by atoms with Gasteiger partial charge in [-0.2, -0.15) is 15.1 Å². The first-order chi connectivity index (χ1) is 15.4. The van der Waals surface area contributed by atoms with E-state index in [2.05, 4.69) is 75.6 Å². The molecule has 2 aliphatic heterocycles. The summed E-state index contributed by atoms with van der Waals surface area (Å²) in [6, 6.07) is 3.81. The van der Waals surface area contributed by atoms with Gasteiger partial charge in [0.2, 0.25) is 11.8 Å². The summed E-state index contributed by atoms with van der Waals surface area (Å²) in [7, 11) is 2.10. The van der Waals surface area contributed by atoms with Gasteiger partial charge in [0.15, 0.2) is 0 Å². The Morgan fingerprint density at radius 3 is 2.72 bits per heavy atom. The third-order valence-corrected chi connectivity index (χ3v) is 5.70. The molecule has 32 heavy (non-hydrogen) atoms. The topological polar surface area (TPSA) is 113 Å². The highest BCUT2D eigenvalue weighted by Crippen LogP contribution is 2.24. The molecule has 0 aliphatic carbocycles. The summed E-state index contributed by atoms with van der Waals surface area (Å²) in [6.07, 6.45) is 1.89. The fraction of sp³-hybridized carbons (Fsp3) is 0.636. The molecule has 0 radical (unpaired) electrons. The zero-order valence-corrected chi connectivity index (χ0v) is 19.6. The van der Waals surface area contributed by atoms with Gasteiger partial charge in [0, 0.05) is 31.6 Å². The Bertz CT molecular complexity index is 942. The van der Waals surface area contributed by atoms with Crippen molar-refractivity contribution in [3.8, 4) is 5.88 Å². The van der Waals surface area contributed by atoms with Crippen LogP contribution in [0.4, 0.5) is 17.6 Å². The van der Waals surface area contributed by atoms with E-state index in [0.717, 1.165) is 43.2 Å². The van der Waals surface area contributed by atoms with Gasteiger partial charge in [-0.1, -0.05) is 32.9 Å². The lowest BCUT2D eigenvalue weighted by Gasteiger charge is -2.16. The minimum atomic E-state index is -0.0262. The molecule has 4 rings (SSSR count). The van der Waals surface area contributed by atoms with Gasteiger partial charge >= 0.3 is 0 Å². The second-order valence-electron chi connectivity index (χ2n) is 9.24. The van der Waals surface area contributed by atoms with E-state index in [0.29, 0.717) is 36.0 Å². The van der Waals surface area contributed by atoms with Gasteiger partial charge in [0.05, 0.1) is 18.0 Å². The quantitative estimate of drug-likeness (QED) is 0.542. The van der Waals surface area contributed by atoms with Crippen molar-refractivity contribution >= 4 is 23.3 Å². The number of hydrogen-bond acceptors (Lipinski definition) is 9. The predicted octanol–water partition coefficient (Wildman–Crippen LogP) is 3.36. The largest absolute Gasteiger partial charge is 0.473 e. The summed E-state index contributed by atoms with van der Waals surface area (Å²) in [5.74, 6) is 3.17. The molecule has 10 heteroatoms. The van der Waals surface area contributed by atoms with Crippen LogP contribution < -0.4 is 15.4 Å². The average molecular weight is 443 g/mol. The van der Waals surface area contributed by atoms with Crippen LogP contribution in [-0.4, -0.2) is 69.7 Å². The third-order valence-electron chi connectivity index (χ3n) is 5.70. The fourth-order valence-electron chi connectivity index (χ4n) is 3.73. The van der Waals surface area contributed by atoms with E-state index >= 15 is 0 Å². The summed E-state index contributed by atoms with van der Waals surface area (Å²) >= 11 is 0. The van der Waals surface area contributed by atoms with Crippen LogP contribution in [0.3, 0.4) is 0 Å². The first-order valence-corrected chi connectivity index (χ1v) is 11.4. The molecular formula is C22H34N8O2. The number of rotatable bonds is 9. The predicted molar refractivity (Wildman–Crippen MR) is 125 cm³/mol. The van der Waals surface area contributed by atoms with Gasteiger partial charge in [0.1, 0.15) is 23.8 Å². The first-order valence-electron chi connectivity index (χ1n) is 11.4. The van der Waals surface area contributed by atoms with Crippen LogP contribution in [0.5, 0.6) is 5.88 Å². The normalized spacial score (nSPS) is 21.2. The highest BCUT2D eigenvalue weighted by molar-refractivity contribution is 5.87. The Balaban J connectivity index is 1.46. The Labute approximate surface area is 189 Å². The highest BCUT2D eigenvalue weighted by atomic mass is 16.6. The maximum Gasteiger partial charge on any atom is 0.228 e. The summed E-state index contributed by atoms with van der Waals surface area (Å²) in [5, 5.41) is 18.1. The van der Waals surface area contributed by atoms with Gasteiger partial charge in [-0.05, 0) is 25.3 Å². The molecule has 0 bridgehead atoms. The van der Waals surface area contributed by atoms with Crippen LogP contribution in [0.25, 0.3) is 0 Å². The SMILES string of the molecule is CC(C)C1=NOC(CNc2nc(Nc3cc(C(C)C)n[nH]3)cc(OC3CCN(C)C3)n2)C1. The zero-order chi connectivity index (χ0) is 22.7. The minimum absolute atomic E-state index is 0.0262. The van der Waals surface area contributed by atoms with Crippen LogP contribution in [0.15, 0.2) is 17.3 Å². The van der Waals surface area contributed by atoms with E-state index < -0.39 is 0 Å². The number of H-pyrrole nitrogens is 1. The van der Waals surface area contributed by atoms with Gasteiger partial charge in [0.25, 0.3) is 0 Å². The monoisotopic (exact) mass is 442 g/mol. The number of hydrogen-bond donors (Lipinski definition) is 3. The zero-order valence-electron chi connectivity index (χ0n) is 19.6. The molecule has 0 aromatic carbocycles. The highest BCUT2D eigenvalue weighted by Gasteiger charge is 2.24. The van der Waals surface area contributed by atoms with Crippen LogP contribution in [0.1, 0.15) is 52.1 Å². The number of oxime groups is 1. The lowest BCUT2D eigenvalue weighted by atomic mass is 10.0.